The van der Waals surface area contributed by atoms with Crippen LogP contribution in [-0.4, -0.2) is 23.0 Å². The molecular formula is C16H20FNO3. The van der Waals surface area contributed by atoms with Gasteiger partial charge in [-0.05, 0) is 44.9 Å². The average Bonchev–Trinajstić information content (AvgIpc) is 2.42. The van der Waals surface area contributed by atoms with Crippen molar-refractivity contribution in [2.24, 2.45) is 0 Å². The highest BCUT2D eigenvalue weighted by molar-refractivity contribution is 5.90. The first-order valence-electron chi connectivity index (χ1n) is 6.70. The summed E-state index contributed by atoms with van der Waals surface area (Å²) >= 11 is 0. The molecule has 1 aromatic rings. The second kappa shape index (κ2) is 7.02. The van der Waals surface area contributed by atoms with Crippen LogP contribution in [0.1, 0.15) is 32.8 Å². The van der Waals surface area contributed by atoms with Crippen LogP contribution in [0.5, 0.6) is 0 Å². The van der Waals surface area contributed by atoms with Gasteiger partial charge in [0.05, 0.1) is 5.41 Å². The number of nitrogens with one attached hydrogen (secondary N) is 1. The molecule has 114 valence electrons. The molecule has 0 fully saturated rings. The van der Waals surface area contributed by atoms with E-state index < -0.39 is 29.2 Å². The highest BCUT2D eigenvalue weighted by Gasteiger charge is 2.32. The molecule has 2 N–H and O–H groups in total. The Morgan fingerprint density at radius 2 is 2.10 bits per heavy atom. The molecular weight excluding hydrogens is 273 g/mol. The molecule has 0 aliphatic rings. The van der Waals surface area contributed by atoms with Gasteiger partial charge in [-0.25, -0.2) is 9.18 Å². The summed E-state index contributed by atoms with van der Waals surface area (Å²) in [5.41, 5.74) is -0.527. The highest BCUT2D eigenvalue weighted by Crippen LogP contribution is 2.24. The van der Waals surface area contributed by atoms with Gasteiger partial charge in [-0.2, -0.15) is 0 Å². The van der Waals surface area contributed by atoms with Gasteiger partial charge in [0, 0.05) is 0 Å². The molecule has 0 saturated carbocycles. The molecule has 0 aliphatic carbocycles. The van der Waals surface area contributed by atoms with E-state index in [-0.39, 0.29) is 6.42 Å². The number of amides is 1. The zero-order chi connectivity index (χ0) is 16.0. The van der Waals surface area contributed by atoms with E-state index in [4.69, 9.17) is 5.11 Å². The van der Waals surface area contributed by atoms with Crippen molar-refractivity contribution in [3.8, 4) is 0 Å². The van der Waals surface area contributed by atoms with E-state index in [2.05, 4.69) is 5.32 Å². The first kappa shape index (κ1) is 16.9. The minimum atomic E-state index is -1.10. The maximum Gasteiger partial charge on any atom is 0.326 e. The van der Waals surface area contributed by atoms with E-state index in [0.29, 0.717) is 5.56 Å². The number of allylic oxidation sites excluding steroid dienone is 1. The van der Waals surface area contributed by atoms with Crippen molar-refractivity contribution in [2.45, 2.75) is 38.6 Å². The lowest BCUT2D eigenvalue weighted by atomic mass is 9.83. The number of aliphatic carboxylic acids is 1. The van der Waals surface area contributed by atoms with E-state index in [0.717, 1.165) is 0 Å². The molecule has 0 radical (unpaired) electrons. The maximum atomic E-state index is 13.3. The van der Waals surface area contributed by atoms with Crippen LogP contribution in [0, 0.1) is 5.82 Å². The van der Waals surface area contributed by atoms with Gasteiger partial charge in [0.25, 0.3) is 0 Å². The predicted molar refractivity (Wildman–Crippen MR) is 78.4 cm³/mol. The average molecular weight is 293 g/mol. The number of carboxylic acid groups (broad SMARTS) is 1. The smallest absolute Gasteiger partial charge is 0.326 e. The summed E-state index contributed by atoms with van der Waals surface area (Å²) in [7, 11) is 0. The second-order valence-corrected chi connectivity index (χ2v) is 5.30. The first-order chi connectivity index (χ1) is 9.78. The Labute approximate surface area is 123 Å². The fourth-order valence-electron chi connectivity index (χ4n) is 1.84. The Morgan fingerprint density at radius 1 is 1.43 bits per heavy atom. The van der Waals surface area contributed by atoms with Crippen LogP contribution < -0.4 is 5.32 Å². The summed E-state index contributed by atoms with van der Waals surface area (Å²) in [6.07, 6.45) is 3.60. The van der Waals surface area contributed by atoms with Crippen LogP contribution in [0.2, 0.25) is 0 Å². The molecule has 0 heterocycles. The van der Waals surface area contributed by atoms with Gasteiger partial charge in [-0.15, -0.1) is 0 Å². The Hall–Kier alpha value is -2.17. The topological polar surface area (TPSA) is 66.4 Å². The number of hydrogen-bond donors (Lipinski definition) is 2. The van der Waals surface area contributed by atoms with E-state index in [1.54, 1.807) is 39.0 Å². The van der Waals surface area contributed by atoms with Crippen LogP contribution in [0.3, 0.4) is 0 Å². The van der Waals surface area contributed by atoms with Crippen molar-refractivity contribution in [1.29, 1.82) is 0 Å². The van der Waals surface area contributed by atoms with E-state index in [1.165, 1.54) is 18.2 Å². The molecule has 1 amide bonds. The van der Waals surface area contributed by atoms with Crippen molar-refractivity contribution >= 4 is 11.9 Å². The third-order valence-electron chi connectivity index (χ3n) is 3.32. The number of rotatable bonds is 6. The number of halogens is 1. The minimum Gasteiger partial charge on any atom is -0.480 e. The third-order valence-corrected chi connectivity index (χ3v) is 3.32. The van der Waals surface area contributed by atoms with Gasteiger partial charge in [0.2, 0.25) is 5.91 Å². The molecule has 1 atom stereocenters. The Morgan fingerprint density at radius 3 is 2.62 bits per heavy atom. The van der Waals surface area contributed by atoms with Gasteiger partial charge < -0.3 is 10.4 Å². The summed E-state index contributed by atoms with van der Waals surface area (Å²) in [5, 5.41) is 11.6. The number of carboxylic acids is 1. The van der Waals surface area contributed by atoms with Gasteiger partial charge in [0.15, 0.2) is 0 Å². The van der Waals surface area contributed by atoms with E-state index in [1.807, 2.05) is 0 Å². The molecule has 21 heavy (non-hydrogen) atoms. The standard InChI is InChI=1S/C16H20FNO3/c1-4-5-9-13(14(19)20)18-15(21)16(2,3)11-7-6-8-12(17)10-11/h4-8,10,13H,9H2,1-3H3,(H,18,21)(H,19,20)/b5-4+. The molecule has 1 unspecified atom stereocenters. The SMILES string of the molecule is C/C=C/CC(NC(=O)C(C)(C)c1cccc(F)c1)C(=O)O. The lowest BCUT2D eigenvalue weighted by Gasteiger charge is -2.26. The van der Waals surface area contributed by atoms with Crippen LogP contribution >= 0.6 is 0 Å². The lowest BCUT2D eigenvalue weighted by Crippen LogP contribution is -2.48. The molecule has 0 aliphatic heterocycles. The highest BCUT2D eigenvalue weighted by atomic mass is 19.1. The van der Waals surface area contributed by atoms with Crippen molar-refractivity contribution in [2.75, 3.05) is 0 Å². The quantitative estimate of drug-likeness (QED) is 0.792. The van der Waals surface area contributed by atoms with Crippen molar-refractivity contribution in [3.05, 3.63) is 47.8 Å². The molecule has 0 saturated heterocycles. The zero-order valence-electron chi connectivity index (χ0n) is 12.4. The second-order valence-electron chi connectivity index (χ2n) is 5.30. The molecule has 4 nitrogen and oxygen atoms in total. The van der Waals surface area contributed by atoms with Gasteiger partial charge in [-0.3, -0.25) is 4.79 Å². The molecule has 0 bridgehead atoms. The zero-order valence-corrected chi connectivity index (χ0v) is 12.4. The van der Waals surface area contributed by atoms with Crippen LogP contribution in [-0.2, 0) is 15.0 Å². The van der Waals surface area contributed by atoms with E-state index in [9.17, 15) is 14.0 Å². The van der Waals surface area contributed by atoms with Crippen LogP contribution in [0.4, 0.5) is 4.39 Å². The van der Waals surface area contributed by atoms with Crippen molar-refractivity contribution in [3.63, 3.8) is 0 Å². The minimum absolute atomic E-state index is 0.205. The fraction of sp³-hybridized carbons (Fsp3) is 0.375. The molecule has 5 heteroatoms. The summed E-state index contributed by atoms with van der Waals surface area (Å²) < 4.78 is 13.3. The molecule has 1 rings (SSSR count). The summed E-state index contributed by atoms with van der Waals surface area (Å²) in [6, 6.07) is 4.74. The van der Waals surface area contributed by atoms with Crippen LogP contribution in [0.25, 0.3) is 0 Å². The van der Waals surface area contributed by atoms with Crippen molar-refractivity contribution < 1.29 is 19.1 Å². The number of carbonyl (C=O) groups excluding carboxylic acids is 1. The summed E-state index contributed by atoms with van der Waals surface area (Å²) in [4.78, 5) is 23.5. The van der Waals surface area contributed by atoms with Crippen LogP contribution in [0.15, 0.2) is 36.4 Å². The fourth-order valence-corrected chi connectivity index (χ4v) is 1.84. The number of benzene rings is 1. The monoisotopic (exact) mass is 293 g/mol. The molecule has 0 aromatic heterocycles. The first-order valence-corrected chi connectivity index (χ1v) is 6.70. The summed E-state index contributed by atoms with van der Waals surface area (Å²) in [6.45, 7) is 5.04. The van der Waals surface area contributed by atoms with Crippen molar-refractivity contribution in [1.82, 2.24) is 5.32 Å². The number of hydrogen-bond acceptors (Lipinski definition) is 2. The molecule has 0 spiro atoms. The number of carbonyl (C=O) groups is 2. The normalized spacial score (nSPS) is 13.1. The predicted octanol–water partition coefficient (Wildman–Crippen LogP) is 2.64. The van der Waals surface area contributed by atoms with Gasteiger partial charge in [0.1, 0.15) is 11.9 Å². The Bertz CT molecular complexity index is 552. The maximum absolute atomic E-state index is 13.3. The Kier molecular flexibility index (Phi) is 5.64. The Balaban J connectivity index is 2.92. The largest absolute Gasteiger partial charge is 0.480 e. The van der Waals surface area contributed by atoms with Gasteiger partial charge in [-0.1, -0.05) is 24.3 Å². The van der Waals surface area contributed by atoms with E-state index >= 15 is 0 Å². The summed E-state index contributed by atoms with van der Waals surface area (Å²) in [5.74, 6) is -1.99. The third kappa shape index (κ3) is 4.41. The molecule has 1 aromatic carbocycles. The lowest BCUT2D eigenvalue weighted by molar-refractivity contribution is -0.142. The van der Waals surface area contributed by atoms with Gasteiger partial charge >= 0.3 is 5.97 Å².